The van der Waals surface area contributed by atoms with Gasteiger partial charge in [0.05, 0.1) is 5.69 Å². The van der Waals surface area contributed by atoms with E-state index in [0.717, 1.165) is 44.6 Å². The van der Waals surface area contributed by atoms with E-state index in [1.165, 1.54) is 12.8 Å². The third-order valence-corrected chi connectivity index (χ3v) is 6.19. The summed E-state index contributed by atoms with van der Waals surface area (Å²) < 4.78 is 2.24. The van der Waals surface area contributed by atoms with Crippen LogP contribution in [0.4, 0.5) is 0 Å². The molecule has 4 nitrogen and oxygen atoms in total. The Balaban J connectivity index is 1.46. The lowest BCUT2D eigenvalue weighted by atomic mass is 10.2. The molecule has 0 saturated heterocycles. The van der Waals surface area contributed by atoms with E-state index in [1.807, 2.05) is 24.3 Å². The van der Waals surface area contributed by atoms with Gasteiger partial charge in [-0.3, -0.25) is 0 Å². The van der Waals surface area contributed by atoms with Crippen molar-refractivity contribution in [3.8, 4) is 10.6 Å². The molecule has 1 saturated carbocycles. The monoisotopic (exact) mass is 376 g/mol. The van der Waals surface area contributed by atoms with Gasteiger partial charge in [-0.2, -0.15) is 0 Å². The fraction of sp³-hybridized carbons (Fsp3) is 0.353. The molecular formula is C17H17ClN4S2. The highest BCUT2D eigenvalue weighted by molar-refractivity contribution is 7.98. The molecule has 1 aliphatic rings. The van der Waals surface area contributed by atoms with E-state index in [2.05, 4.69) is 27.1 Å². The minimum Gasteiger partial charge on any atom is -0.306 e. The Morgan fingerprint density at radius 2 is 2.04 bits per heavy atom. The van der Waals surface area contributed by atoms with Crippen LogP contribution in [0.1, 0.15) is 37.2 Å². The average molecular weight is 377 g/mol. The highest BCUT2D eigenvalue weighted by atomic mass is 35.5. The lowest BCUT2D eigenvalue weighted by Gasteiger charge is -2.05. The molecule has 124 valence electrons. The van der Waals surface area contributed by atoms with Gasteiger partial charge in [-0.05, 0) is 31.9 Å². The molecule has 0 atom stereocenters. The first-order valence-electron chi connectivity index (χ1n) is 8.01. The van der Waals surface area contributed by atoms with E-state index >= 15 is 0 Å². The van der Waals surface area contributed by atoms with Gasteiger partial charge in [-0.1, -0.05) is 35.5 Å². The first-order valence-corrected chi connectivity index (χ1v) is 10.2. The lowest BCUT2D eigenvalue weighted by Crippen LogP contribution is -2.02. The minimum absolute atomic E-state index is 0.627. The predicted molar refractivity (Wildman–Crippen MR) is 99.8 cm³/mol. The SMILES string of the molecule is CCn1c(SCc2csc(-c3ccc(Cl)cc3)n2)nnc1C1CC1. The lowest BCUT2D eigenvalue weighted by molar-refractivity contribution is 0.643. The summed E-state index contributed by atoms with van der Waals surface area (Å²) in [5, 5.41) is 13.6. The fourth-order valence-corrected chi connectivity index (χ4v) is 4.54. The first-order chi connectivity index (χ1) is 11.7. The molecule has 0 N–H and O–H groups in total. The number of hydrogen-bond donors (Lipinski definition) is 0. The van der Waals surface area contributed by atoms with Crippen LogP contribution in [-0.4, -0.2) is 19.7 Å². The summed E-state index contributed by atoms with van der Waals surface area (Å²) in [6, 6.07) is 7.81. The summed E-state index contributed by atoms with van der Waals surface area (Å²) in [5.41, 5.74) is 2.18. The van der Waals surface area contributed by atoms with Gasteiger partial charge in [-0.25, -0.2) is 4.98 Å². The van der Waals surface area contributed by atoms with Crippen LogP contribution < -0.4 is 0 Å². The molecule has 0 radical (unpaired) electrons. The molecule has 1 aliphatic carbocycles. The van der Waals surface area contributed by atoms with Crippen LogP contribution in [0.3, 0.4) is 0 Å². The van der Waals surface area contributed by atoms with E-state index in [4.69, 9.17) is 16.6 Å². The predicted octanol–water partition coefficient (Wildman–Crippen LogP) is 5.24. The van der Waals surface area contributed by atoms with Gasteiger partial charge in [0.1, 0.15) is 10.8 Å². The summed E-state index contributed by atoms with van der Waals surface area (Å²) in [6.07, 6.45) is 2.50. The van der Waals surface area contributed by atoms with Crippen molar-refractivity contribution in [3.05, 3.63) is 46.2 Å². The molecule has 0 aliphatic heterocycles. The Labute approximate surface area is 154 Å². The molecule has 2 heterocycles. The van der Waals surface area contributed by atoms with Crippen LogP contribution in [-0.2, 0) is 12.3 Å². The standard InChI is InChI=1S/C17H17ClN4S2/c1-2-22-15(11-3-4-11)20-21-17(22)24-10-14-9-23-16(19-14)12-5-7-13(18)8-6-12/h5-9,11H,2-4,10H2,1H3. The second kappa shape index (κ2) is 6.86. The van der Waals surface area contributed by atoms with Gasteiger partial charge < -0.3 is 4.57 Å². The molecule has 2 aromatic heterocycles. The molecule has 1 fully saturated rings. The summed E-state index contributed by atoms with van der Waals surface area (Å²) in [6.45, 7) is 3.08. The number of rotatable bonds is 6. The molecule has 3 aromatic rings. The van der Waals surface area contributed by atoms with Gasteiger partial charge in [0.25, 0.3) is 0 Å². The summed E-state index contributed by atoms with van der Waals surface area (Å²) >= 11 is 9.32. The van der Waals surface area contributed by atoms with Crippen LogP contribution in [0.15, 0.2) is 34.8 Å². The van der Waals surface area contributed by atoms with Gasteiger partial charge in [0.15, 0.2) is 5.16 Å². The van der Waals surface area contributed by atoms with Crippen molar-refractivity contribution in [3.63, 3.8) is 0 Å². The number of thioether (sulfide) groups is 1. The third kappa shape index (κ3) is 3.36. The maximum atomic E-state index is 5.94. The molecule has 0 unspecified atom stereocenters. The Morgan fingerprint density at radius 1 is 1.25 bits per heavy atom. The number of aromatic nitrogens is 4. The molecular weight excluding hydrogens is 360 g/mol. The Hall–Kier alpha value is -1.37. The molecule has 1 aromatic carbocycles. The van der Waals surface area contributed by atoms with Crippen LogP contribution >= 0.6 is 34.7 Å². The van der Waals surface area contributed by atoms with Gasteiger partial charge in [0.2, 0.25) is 0 Å². The minimum atomic E-state index is 0.627. The zero-order valence-electron chi connectivity index (χ0n) is 13.3. The average Bonchev–Trinajstić information content (AvgIpc) is 3.19. The first kappa shape index (κ1) is 16.1. The number of nitrogens with zero attached hydrogens (tertiary/aromatic N) is 4. The van der Waals surface area contributed by atoms with Crippen molar-refractivity contribution in [2.24, 2.45) is 0 Å². The van der Waals surface area contributed by atoms with Crippen molar-refractivity contribution in [2.75, 3.05) is 0 Å². The van der Waals surface area contributed by atoms with Crippen LogP contribution in [0, 0.1) is 0 Å². The summed E-state index contributed by atoms with van der Waals surface area (Å²) in [4.78, 5) is 4.73. The van der Waals surface area contributed by atoms with Crippen LogP contribution in [0.25, 0.3) is 10.6 Å². The molecule has 7 heteroatoms. The van der Waals surface area contributed by atoms with Gasteiger partial charge in [-0.15, -0.1) is 21.5 Å². The quantitative estimate of drug-likeness (QED) is 0.551. The second-order valence-corrected chi connectivity index (χ2v) is 8.04. The maximum absolute atomic E-state index is 5.94. The van der Waals surface area contributed by atoms with E-state index in [0.29, 0.717) is 5.92 Å². The molecule has 0 amide bonds. The van der Waals surface area contributed by atoms with E-state index < -0.39 is 0 Å². The van der Waals surface area contributed by atoms with Crippen molar-refractivity contribution < 1.29 is 0 Å². The normalized spacial score (nSPS) is 14.2. The highest BCUT2D eigenvalue weighted by Crippen LogP contribution is 2.40. The van der Waals surface area contributed by atoms with E-state index in [-0.39, 0.29) is 0 Å². The zero-order chi connectivity index (χ0) is 16.5. The number of benzene rings is 1. The Morgan fingerprint density at radius 3 is 2.75 bits per heavy atom. The summed E-state index contributed by atoms with van der Waals surface area (Å²) in [7, 11) is 0. The van der Waals surface area contributed by atoms with Crippen molar-refractivity contribution >= 4 is 34.7 Å². The third-order valence-electron chi connectivity index (χ3n) is 4.00. The zero-order valence-corrected chi connectivity index (χ0v) is 15.7. The van der Waals surface area contributed by atoms with Gasteiger partial charge in [0, 0.05) is 34.2 Å². The van der Waals surface area contributed by atoms with E-state index in [9.17, 15) is 0 Å². The smallest absolute Gasteiger partial charge is 0.191 e. The Kier molecular flexibility index (Phi) is 4.61. The molecule has 0 spiro atoms. The number of thiazole rings is 1. The van der Waals surface area contributed by atoms with Crippen molar-refractivity contribution in [2.45, 2.75) is 43.1 Å². The molecule has 24 heavy (non-hydrogen) atoms. The molecule has 0 bridgehead atoms. The largest absolute Gasteiger partial charge is 0.306 e. The Bertz CT molecular complexity index is 837. The van der Waals surface area contributed by atoms with Crippen molar-refractivity contribution in [1.82, 2.24) is 19.7 Å². The van der Waals surface area contributed by atoms with Crippen LogP contribution in [0.5, 0.6) is 0 Å². The topological polar surface area (TPSA) is 43.6 Å². The highest BCUT2D eigenvalue weighted by Gasteiger charge is 2.29. The summed E-state index contributed by atoms with van der Waals surface area (Å²) in [5.74, 6) is 2.59. The number of hydrogen-bond acceptors (Lipinski definition) is 5. The maximum Gasteiger partial charge on any atom is 0.191 e. The van der Waals surface area contributed by atoms with E-state index in [1.54, 1.807) is 23.1 Å². The molecule has 4 rings (SSSR count). The number of halogens is 1. The van der Waals surface area contributed by atoms with Gasteiger partial charge >= 0.3 is 0 Å². The van der Waals surface area contributed by atoms with Crippen molar-refractivity contribution in [1.29, 1.82) is 0 Å². The van der Waals surface area contributed by atoms with Crippen LogP contribution in [0.2, 0.25) is 5.02 Å². The second-order valence-electron chi connectivity index (χ2n) is 5.80. The fourth-order valence-electron chi connectivity index (χ4n) is 2.58.